The zero-order valence-electron chi connectivity index (χ0n) is 15.5. The highest BCUT2D eigenvalue weighted by atomic mass is 16.7. The molecule has 1 N–H and O–H groups in total. The molecule has 0 fully saturated rings. The van der Waals surface area contributed by atoms with Crippen molar-refractivity contribution in [1.29, 1.82) is 0 Å². The number of carbonyl (C=O) groups excluding carboxylic acids is 1. The van der Waals surface area contributed by atoms with Gasteiger partial charge in [-0.1, -0.05) is 19.4 Å². The Morgan fingerprint density at radius 3 is 2.81 bits per heavy atom. The maximum absolute atomic E-state index is 12.2. The highest BCUT2D eigenvalue weighted by Gasteiger charge is 2.13. The lowest BCUT2D eigenvalue weighted by Gasteiger charge is -2.11. The van der Waals surface area contributed by atoms with E-state index in [0.717, 1.165) is 18.4 Å². The number of ether oxygens (including phenoxy) is 4. The van der Waals surface area contributed by atoms with E-state index in [4.69, 9.17) is 18.9 Å². The van der Waals surface area contributed by atoms with Gasteiger partial charge in [-0.05, 0) is 42.3 Å². The summed E-state index contributed by atoms with van der Waals surface area (Å²) in [5, 5.41) is 2.80. The second-order valence-electron chi connectivity index (χ2n) is 6.00. The number of nitrogens with one attached hydrogen (secondary N) is 1. The van der Waals surface area contributed by atoms with Crippen molar-refractivity contribution in [2.45, 2.75) is 19.8 Å². The first-order valence-electron chi connectivity index (χ1n) is 8.89. The SMILES string of the molecule is CCCCOc1ccc(/C=C/C(=O)Nc2ccc3c(c2)OCO3)cc1OC. The third-order valence-electron chi connectivity index (χ3n) is 4.01. The number of methoxy groups -OCH3 is 1. The maximum atomic E-state index is 12.2. The molecule has 1 amide bonds. The van der Waals surface area contributed by atoms with E-state index in [9.17, 15) is 4.79 Å². The van der Waals surface area contributed by atoms with Crippen molar-refractivity contribution >= 4 is 17.7 Å². The van der Waals surface area contributed by atoms with Crippen LogP contribution in [0.2, 0.25) is 0 Å². The molecule has 0 bridgehead atoms. The van der Waals surface area contributed by atoms with Gasteiger partial charge in [0.2, 0.25) is 12.7 Å². The van der Waals surface area contributed by atoms with Crippen molar-refractivity contribution < 1.29 is 23.7 Å². The van der Waals surface area contributed by atoms with Crippen LogP contribution in [0.15, 0.2) is 42.5 Å². The van der Waals surface area contributed by atoms with E-state index in [-0.39, 0.29) is 12.7 Å². The Morgan fingerprint density at radius 1 is 1.15 bits per heavy atom. The van der Waals surface area contributed by atoms with Gasteiger partial charge in [0.05, 0.1) is 13.7 Å². The molecular weight excluding hydrogens is 346 g/mol. The van der Waals surface area contributed by atoms with Crippen LogP contribution in [0.25, 0.3) is 6.08 Å². The molecule has 1 aliphatic heterocycles. The molecule has 0 saturated heterocycles. The number of hydrogen-bond acceptors (Lipinski definition) is 5. The first kappa shape index (κ1) is 18.6. The number of hydrogen-bond donors (Lipinski definition) is 1. The topological polar surface area (TPSA) is 66.0 Å². The van der Waals surface area contributed by atoms with Crippen LogP contribution in [-0.2, 0) is 4.79 Å². The van der Waals surface area contributed by atoms with Crippen molar-refractivity contribution in [3.63, 3.8) is 0 Å². The van der Waals surface area contributed by atoms with Crippen LogP contribution in [0.1, 0.15) is 25.3 Å². The maximum Gasteiger partial charge on any atom is 0.248 e. The zero-order chi connectivity index (χ0) is 19.1. The minimum Gasteiger partial charge on any atom is -0.493 e. The van der Waals surface area contributed by atoms with E-state index in [0.29, 0.717) is 35.3 Å². The largest absolute Gasteiger partial charge is 0.493 e. The summed E-state index contributed by atoms with van der Waals surface area (Å²) in [6.07, 6.45) is 5.25. The Morgan fingerprint density at radius 2 is 2.00 bits per heavy atom. The molecule has 6 nitrogen and oxygen atoms in total. The molecule has 0 aliphatic carbocycles. The van der Waals surface area contributed by atoms with Crippen LogP contribution in [0.4, 0.5) is 5.69 Å². The molecule has 0 saturated carbocycles. The number of fused-ring (bicyclic) bond motifs is 1. The van der Waals surface area contributed by atoms with Gasteiger partial charge in [-0.25, -0.2) is 0 Å². The molecule has 2 aromatic carbocycles. The lowest BCUT2D eigenvalue weighted by atomic mass is 10.2. The van der Waals surface area contributed by atoms with Gasteiger partial charge in [0.25, 0.3) is 0 Å². The molecule has 27 heavy (non-hydrogen) atoms. The fourth-order valence-electron chi connectivity index (χ4n) is 2.56. The Labute approximate surface area is 158 Å². The van der Waals surface area contributed by atoms with Gasteiger partial charge in [0, 0.05) is 17.8 Å². The summed E-state index contributed by atoms with van der Waals surface area (Å²) >= 11 is 0. The summed E-state index contributed by atoms with van der Waals surface area (Å²) in [4.78, 5) is 12.2. The number of anilines is 1. The average Bonchev–Trinajstić information content (AvgIpc) is 3.15. The molecule has 142 valence electrons. The first-order valence-corrected chi connectivity index (χ1v) is 8.89. The highest BCUT2D eigenvalue weighted by Crippen LogP contribution is 2.34. The summed E-state index contributed by atoms with van der Waals surface area (Å²) in [5.74, 6) is 2.41. The van der Waals surface area contributed by atoms with Gasteiger partial charge >= 0.3 is 0 Å². The molecule has 1 aliphatic rings. The first-order chi connectivity index (χ1) is 13.2. The molecule has 0 atom stereocenters. The monoisotopic (exact) mass is 369 g/mol. The smallest absolute Gasteiger partial charge is 0.248 e. The van der Waals surface area contributed by atoms with E-state index < -0.39 is 0 Å². The standard InChI is InChI=1S/C21H23NO5/c1-3-4-11-25-17-8-5-15(12-19(17)24-2)6-10-21(23)22-16-7-9-18-20(13-16)27-14-26-18/h5-10,12-13H,3-4,11,14H2,1-2H3,(H,22,23)/b10-6+. The molecule has 0 spiro atoms. The van der Waals surface area contributed by atoms with Crippen molar-refractivity contribution in [3.05, 3.63) is 48.0 Å². The number of unbranched alkanes of at least 4 members (excludes halogenated alkanes) is 1. The van der Waals surface area contributed by atoms with E-state index in [1.165, 1.54) is 6.08 Å². The van der Waals surface area contributed by atoms with E-state index >= 15 is 0 Å². The minimum absolute atomic E-state index is 0.201. The third kappa shape index (κ3) is 4.94. The second kappa shape index (κ2) is 8.98. The fourth-order valence-corrected chi connectivity index (χ4v) is 2.56. The Hall–Kier alpha value is -3.15. The highest BCUT2D eigenvalue weighted by molar-refractivity contribution is 6.02. The summed E-state index contributed by atoms with van der Waals surface area (Å²) < 4.78 is 21.7. The molecule has 1 heterocycles. The quantitative estimate of drug-likeness (QED) is 0.556. The summed E-state index contributed by atoms with van der Waals surface area (Å²) in [7, 11) is 1.60. The van der Waals surface area contributed by atoms with Gasteiger partial charge in [-0.3, -0.25) is 4.79 Å². The predicted molar refractivity (Wildman–Crippen MR) is 104 cm³/mol. The molecule has 3 rings (SSSR count). The predicted octanol–water partition coefficient (Wildman–Crippen LogP) is 4.25. The lowest BCUT2D eigenvalue weighted by molar-refractivity contribution is -0.111. The number of benzene rings is 2. The summed E-state index contributed by atoms with van der Waals surface area (Å²) in [5.41, 5.74) is 1.49. The van der Waals surface area contributed by atoms with Gasteiger partial charge in [0.1, 0.15) is 0 Å². The number of carbonyl (C=O) groups is 1. The van der Waals surface area contributed by atoms with Crippen LogP contribution < -0.4 is 24.3 Å². The van der Waals surface area contributed by atoms with Crippen molar-refractivity contribution in [2.24, 2.45) is 0 Å². The Balaban J connectivity index is 1.61. The van der Waals surface area contributed by atoms with Crippen LogP contribution in [0.5, 0.6) is 23.0 Å². The molecule has 2 aromatic rings. The normalized spacial score (nSPS) is 12.2. The second-order valence-corrected chi connectivity index (χ2v) is 6.00. The van der Waals surface area contributed by atoms with Crippen LogP contribution in [0.3, 0.4) is 0 Å². The van der Waals surface area contributed by atoms with Gasteiger partial charge in [0.15, 0.2) is 23.0 Å². The Kier molecular flexibility index (Phi) is 6.20. The zero-order valence-corrected chi connectivity index (χ0v) is 15.5. The van der Waals surface area contributed by atoms with Gasteiger partial charge in [-0.15, -0.1) is 0 Å². The molecule has 0 radical (unpaired) electrons. The minimum atomic E-state index is -0.240. The molecule has 0 unspecified atom stereocenters. The van der Waals surface area contributed by atoms with E-state index in [2.05, 4.69) is 12.2 Å². The molecule has 0 aromatic heterocycles. The van der Waals surface area contributed by atoms with Crippen LogP contribution in [0, 0.1) is 0 Å². The lowest BCUT2D eigenvalue weighted by Crippen LogP contribution is -2.07. The fraction of sp³-hybridized carbons (Fsp3) is 0.286. The van der Waals surface area contributed by atoms with Crippen molar-refractivity contribution in [2.75, 3.05) is 25.8 Å². The average molecular weight is 369 g/mol. The van der Waals surface area contributed by atoms with Crippen LogP contribution in [-0.4, -0.2) is 26.4 Å². The Bertz CT molecular complexity index is 831. The van der Waals surface area contributed by atoms with Gasteiger partial charge in [-0.2, -0.15) is 0 Å². The van der Waals surface area contributed by atoms with E-state index in [1.54, 1.807) is 31.4 Å². The molecule has 6 heteroatoms. The number of rotatable bonds is 8. The van der Waals surface area contributed by atoms with Crippen molar-refractivity contribution in [1.82, 2.24) is 0 Å². The number of amides is 1. The summed E-state index contributed by atoms with van der Waals surface area (Å²) in [6, 6.07) is 10.8. The third-order valence-corrected chi connectivity index (χ3v) is 4.01. The van der Waals surface area contributed by atoms with Gasteiger partial charge < -0.3 is 24.3 Å². The van der Waals surface area contributed by atoms with Crippen LogP contribution >= 0.6 is 0 Å². The molecular formula is C21H23NO5. The van der Waals surface area contributed by atoms with E-state index in [1.807, 2.05) is 18.2 Å². The van der Waals surface area contributed by atoms with Crippen molar-refractivity contribution in [3.8, 4) is 23.0 Å². The summed E-state index contributed by atoms with van der Waals surface area (Å²) in [6.45, 7) is 2.97.